The summed E-state index contributed by atoms with van der Waals surface area (Å²) < 4.78 is 19.2. The first-order chi connectivity index (χ1) is 9.95. The second-order valence-corrected chi connectivity index (χ2v) is 5.50. The zero-order chi connectivity index (χ0) is 15.4. The van der Waals surface area contributed by atoms with Gasteiger partial charge >= 0.3 is 0 Å². The van der Waals surface area contributed by atoms with Crippen molar-refractivity contribution in [3.63, 3.8) is 0 Å². The highest BCUT2D eigenvalue weighted by molar-refractivity contribution is 9.10. The van der Waals surface area contributed by atoms with Crippen LogP contribution in [0.15, 0.2) is 40.9 Å². The van der Waals surface area contributed by atoms with Crippen LogP contribution in [-0.2, 0) is 4.79 Å². The summed E-state index contributed by atoms with van der Waals surface area (Å²) in [5.74, 6) is -1.01. The van der Waals surface area contributed by atoms with Crippen molar-refractivity contribution in [1.82, 2.24) is 0 Å². The van der Waals surface area contributed by atoms with Gasteiger partial charge in [0, 0.05) is 9.50 Å². The van der Waals surface area contributed by atoms with Crippen LogP contribution in [0.4, 0.5) is 15.8 Å². The molecule has 4 nitrogen and oxygen atoms in total. The number of carbonyl (C=O) groups excluding carboxylic acids is 1. The van der Waals surface area contributed by atoms with Crippen molar-refractivity contribution in [2.45, 2.75) is 0 Å². The Hall–Kier alpha value is -1.79. The maximum atomic E-state index is 13.5. The second-order valence-electron chi connectivity index (χ2n) is 4.14. The second kappa shape index (κ2) is 6.78. The number of ether oxygens (including phenoxy) is 1. The van der Waals surface area contributed by atoms with E-state index in [4.69, 9.17) is 22.1 Å². The number of anilines is 2. The molecular weight excluding hydrogens is 363 g/mol. The molecule has 2 rings (SSSR count). The van der Waals surface area contributed by atoms with E-state index in [-0.39, 0.29) is 12.4 Å². The van der Waals surface area contributed by atoms with Crippen molar-refractivity contribution in [3.05, 3.63) is 51.7 Å². The van der Waals surface area contributed by atoms with Crippen LogP contribution in [0.1, 0.15) is 0 Å². The maximum Gasteiger partial charge on any atom is 0.262 e. The lowest BCUT2D eigenvalue weighted by atomic mass is 10.2. The quantitative estimate of drug-likeness (QED) is 0.800. The van der Waals surface area contributed by atoms with Crippen molar-refractivity contribution < 1.29 is 13.9 Å². The predicted molar refractivity (Wildman–Crippen MR) is 84.1 cm³/mol. The first-order valence-electron chi connectivity index (χ1n) is 5.88. The third kappa shape index (κ3) is 4.34. The van der Waals surface area contributed by atoms with Crippen LogP contribution in [0, 0.1) is 5.82 Å². The number of hydrogen-bond acceptors (Lipinski definition) is 3. The van der Waals surface area contributed by atoms with Crippen molar-refractivity contribution >= 4 is 44.8 Å². The number of halogens is 3. The van der Waals surface area contributed by atoms with E-state index in [0.29, 0.717) is 20.9 Å². The Kier molecular flexibility index (Phi) is 5.03. The lowest BCUT2D eigenvalue weighted by molar-refractivity contribution is -0.118. The smallest absolute Gasteiger partial charge is 0.262 e. The van der Waals surface area contributed by atoms with Crippen LogP contribution < -0.4 is 15.8 Å². The highest BCUT2D eigenvalue weighted by Gasteiger charge is 2.09. The molecule has 1 amide bonds. The van der Waals surface area contributed by atoms with E-state index in [1.54, 1.807) is 18.2 Å². The molecule has 0 aliphatic heterocycles. The topological polar surface area (TPSA) is 64.3 Å². The molecule has 2 aromatic carbocycles. The summed E-state index contributed by atoms with van der Waals surface area (Å²) in [7, 11) is 0. The molecule has 21 heavy (non-hydrogen) atoms. The summed E-state index contributed by atoms with van der Waals surface area (Å²) in [6, 6.07) is 9.01. The Morgan fingerprint density at radius 3 is 2.76 bits per heavy atom. The molecule has 0 saturated carbocycles. The third-order valence-electron chi connectivity index (χ3n) is 2.54. The number of amides is 1. The molecule has 0 fully saturated rings. The Morgan fingerprint density at radius 1 is 1.33 bits per heavy atom. The lowest BCUT2D eigenvalue weighted by Gasteiger charge is -2.10. The first kappa shape index (κ1) is 15.6. The molecule has 0 radical (unpaired) electrons. The van der Waals surface area contributed by atoms with Crippen LogP contribution in [0.3, 0.4) is 0 Å². The number of nitrogens with one attached hydrogen (secondary N) is 1. The molecule has 0 saturated heterocycles. The Bertz CT molecular complexity index is 682. The Balaban J connectivity index is 1.96. The summed E-state index contributed by atoms with van der Waals surface area (Å²) in [6.07, 6.45) is 0. The lowest BCUT2D eigenvalue weighted by Crippen LogP contribution is -2.21. The fraction of sp³-hybridized carbons (Fsp3) is 0.0714. The van der Waals surface area contributed by atoms with Crippen LogP contribution >= 0.6 is 27.5 Å². The van der Waals surface area contributed by atoms with Gasteiger partial charge in [-0.05, 0) is 36.4 Å². The Morgan fingerprint density at radius 2 is 2.10 bits per heavy atom. The Labute approximate surface area is 134 Å². The van der Waals surface area contributed by atoms with Crippen molar-refractivity contribution in [2.75, 3.05) is 17.7 Å². The van der Waals surface area contributed by atoms with Gasteiger partial charge in [0.25, 0.3) is 5.91 Å². The van der Waals surface area contributed by atoms with Crippen LogP contribution in [0.5, 0.6) is 5.75 Å². The minimum absolute atomic E-state index is 0.00238. The molecule has 7 heteroatoms. The van der Waals surface area contributed by atoms with Crippen LogP contribution in [0.2, 0.25) is 5.02 Å². The summed E-state index contributed by atoms with van der Waals surface area (Å²) in [6.45, 7) is -0.333. The number of rotatable bonds is 4. The normalized spacial score (nSPS) is 10.2. The van der Waals surface area contributed by atoms with Crippen molar-refractivity contribution in [3.8, 4) is 5.75 Å². The summed E-state index contributed by atoms with van der Waals surface area (Å²) in [5.41, 5.74) is 6.47. The molecule has 0 bridgehead atoms. The number of nitrogen functional groups attached to an aromatic ring is 1. The van der Waals surface area contributed by atoms with Gasteiger partial charge in [0.15, 0.2) is 18.2 Å². The van der Waals surface area contributed by atoms with Gasteiger partial charge in [0.05, 0.1) is 11.4 Å². The molecule has 110 valence electrons. The molecule has 0 aromatic heterocycles. The maximum absolute atomic E-state index is 13.5. The number of carbonyl (C=O) groups is 1. The van der Waals surface area contributed by atoms with E-state index in [1.165, 1.54) is 18.2 Å². The largest absolute Gasteiger partial charge is 0.481 e. The SMILES string of the molecule is Nc1cc(Cl)ccc1NC(=O)COc1ccc(Br)cc1F. The highest BCUT2D eigenvalue weighted by atomic mass is 79.9. The monoisotopic (exact) mass is 372 g/mol. The van der Waals surface area contributed by atoms with E-state index in [2.05, 4.69) is 21.2 Å². The molecule has 0 aliphatic rings. The summed E-state index contributed by atoms with van der Waals surface area (Å²) >= 11 is 8.90. The molecule has 0 unspecified atom stereocenters. The first-order valence-corrected chi connectivity index (χ1v) is 7.05. The molecular formula is C14H11BrClFN2O2. The fourth-order valence-electron chi connectivity index (χ4n) is 1.57. The van der Waals surface area contributed by atoms with Gasteiger partial charge in [0.1, 0.15) is 0 Å². The molecule has 0 aliphatic carbocycles. The minimum atomic E-state index is -0.553. The number of hydrogen-bond donors (Lipinski definition) is 2. The number of nitrogens with two attached hydrogens (primary N) is 1. The van der Waals surface area contributed by atoms with E-state index < -0.39 is 11.7 Å². The molecule has 0 atom stereocenters. The van der Waals surface area contributed by atoms with Gasteiger partial charge in [-0.1, -0.05) is 27.5 Å². The number of benzene rings is 2. The van der Waals surface area contributed by atoms with Crippen molar-refractivity contribution in [1.29, 1.82) is 0 Å². The highest BCUT2D eigenvalue weighted by Crippen LogP contribution is 2.23. The standard InChI is InChI=1S/C14H11BrClFN2O2/c15-8-1-4-13(10(17)5-8)21-7-14(20)19-12-3-2-9(16)6-11(12)18/h1-6H,7,18H2,(H,19,20). The summed E-state index contributed by atoms with van der Waals surface area (Å²) in [5, 5.41) is 3.03. The van der Waals surface area contributed by atoms with E-state index in [1.807, 2.05) is 0 Å². The molecule has 0 heterocycles. The third-order valence-corrected chi connectivity index (χ3v) is 3.27. The molecule has 0 spiro atoms. The van der Waals surface area contributed by atoms with Gasteiger partial charge in [-0.3, -0.25) is 4.79 Å². The zero-order valence-electron chi connectivity index (χ0n) is 10.7. The van der Waals surface area contributed by atoms with Crippen molar-refractivity contribution in [2.24, 2.45) is 0 Å². The van der Waals surface area contributed by atoms with E-state index in [0.717, 1.165) is 0 Å². The molecule has 3 N–H and O–H groups in total. The predicted octanol–water partition coefficient (Wildman–Crippen LogP) is 3.84. The fourth-order valence-corrected chi connectivity index (χ4v) is 2.08. The average Bonchev–Trinajstić information content (AvgIpc) is 2.41. The minimum Gasteiger partial charge on any atom is -0.481 e. The van der Waals surface area contributed by atoms with Gasteiger partial charge in [-0.25, -0.2) is 4.39 Å². The van der Waals surface area contributed by atoms with Gasteiger partial charge in [0.2, 0.25) is 0 Å². The summed E-state index contributed by atoms with van der Waals surface area (Å²) in [4.78, 5) is 11.7. The van der Waals surface area contributed by atoms with Gasteiger partial charge < -0.3 is 15.8 Å². The van der Waals surface area contributed by atoms with Crippen LogP contribution in [-0.4, -0.2) is 12.5 Å². The van der Waals surface area contributed by atoms with E-state index >= 15 is 0 Å². The zero-order valence-corrected chi connectivity index (χ0v) is 13.0. The van der Waals surface area contributed by atoms with Crippen LogP contribution in [0.25, 0.3) is 0 Å². The molecule has 2 aromatic rings. The van der Waals surface area contributed by atoms with Gasteiger partial charge in [-0.15, -0.1) is 0 Å². The van der Waals surface area contributed by atoms with Gasteiger partial charge in [-0.2, -0.15) is 0 Å². The average molecular weight is 374 g/mol. The van der Waals surface area contributed by atoms with E-state index in [9.17, 15) is 9.18 Å².